The highest BCUT2D eigenvalue weighted by Gasteiger charge is 2.22. The predicted octanol–water partition coefficient (Wildman–Crippen LogP) is 4.17. The Kier molecular flexibility index (Phi) is 7.03. The minimum absolute atomic E-state index is 0.199. The van der Waals surface area contributed by atoms with Crippen LogP contribution in [0.15, 0.2) is 36.5 Å². The third kappa shape index (κ3) is 5.03. The second-order valence-corrected chi connectivity index (χ2v) is 7.87. The summed E-state index contributed by atoms with van der Waals surface area (Å²) in [5, 5.41) is 12.6. The Balaban J connectivity index is 1.82. The molecule has 2 aromatic heterocycles. The summed E-state index contributed by atoms with van der Waals surface area (Å²) in [6.45, 7) is 2.37. The molecule has 4 N–H and O–H groups in total. The number of amides is 2. The fraction of sp³-hybridized carbons (Fsp3) is 0.250. The van der Waals surface area contributed by atoms with Gasteiger partial charge in [0.2, 0.25) is 5.91 Å². The Morgan fingerprint density at radius 2 is 2.03 bits per heavy atom. The van der Waals surface area contributed by atoms with Gasteiger partial charge in [-0.05, 0) is 37.5 Å². The van der Waals surface area contributed by atoms with Crippen LogP contribution >= 0.6 is 22.9 Å². The van der Waals surface area contributed by atoms with Crippen molar-refractivity contribution in [2.45, 2.75) is 26.2 Å². The van der Waals surface area contributed by atoms with E-state index in [0.717, 1.165) is 16.8 Å². The Labute approximate surface area is 177 Å². The minimum Gasteiger partial charge on any atom is -0.359 e. The zero-order valence-electron chi connectivity index (χ0n) is 15.8. The van der Waals surface area contributed by atoms with E-state index in [1.165, 1.54) is 11.3 Å². The van der Waals surface area contributed by atoms with Crippen molar-refractivity contribution in [2.75, 3.05) is 6.54 Å². The van der Waals surface area contributed by atoms with Crippen LogP contribution in [0.4, 0.5) is 0 Å². The highest BCUT2D eigenvalue weighted by atomic mass is 35.5. The molecule has 2 heterocycles. The quantitative estimate of drug-likeness (QED) is 0.243. The zero-order valence-corrected chi connectivity index (χ0v) is 17.4. The summed E-state index contributed by atoms with van der Waals surface area (Å²) in [6, 6.07) is 9.31. The maximum absolute atomic E-state index is 12.8. The Bertz CT molecular complexity index is 1010. The lowest BCUT2D eigenvalue weighted by Gasteiger charge is -2.06. The average molecular weight is 433 g/mol. The van der Waals surface area contributed by atoms with Crippen molar-refractivity contribution in [1.82, 2.24) is 20.8 Å². The molecule has 2 amide bonds. The molecule has 0 saturated heterocycles. The van der Waals surface area contributed by atoms with Gasteiger partial charge in [0.05, 0.1) is 10.6 Å². The van der Waals surface area contributed by atoms with Gasteiger partial charge in [-0.25, -0.2) is 10.5 Å². The second kappa shape index (κ2) is 9.69. The molecule has 3 aromatic rings. The molecule has 1 aromatic carbocycles. The Morgan fingerprint density at radius 3 is 2.72 bits per heavy atom. The zero-order chi connectivity index (χ0) is 20.8. The van der Waals surface area contributed by atoms with E-state index in [4.69, 9.17) is 16.8 Å². The first kappa shape index (κ1) is 21.0. The molecule has 0 aliphatic heterocycles. The molecule has 0 radical (unpaired) electrons. The Hall–Kier alpha value is -2.68. The molecule has 29 heavy (non-hydrogen) atoms. The van der Waals surface area contributed by atoms with Gasteiger partial charge in [-0.3, -0.25) is 14.8 Å². The number of aromatic amines is 1. The van der Waals surface area contributed by atoms with Crippen molar-refractivity contribution in [2.24, 2.45) is 0 Å². The number of benzene rings is 1. The molecular formula is C20H21ClN4O3S. The molecule has 0 aliphatic carbocycles. The molecule has 0 aliphatic rings. The third-order valence-electron chi connectivity index (χ3n) is 4.37. The number of unbranched alkanes of at least 4 members (excludes halogenated alkanes) is 1. The first-order valence-electron chi connectivity index (χ1n) is 9.12. The first-order chi connectivity index (χ1) is 14.0. The van der Waals surface area contributed by atoms with Gasteiger partial charge >= 0.3 is 0 Å². The van der Waals surface area contributed by atoms with Crippen LogP contribution < -0.4 is 10.8 Å². The van der Waals surface area contributed by atoms with Crippen LogP contribution in [0.5, 0.6) is 0 Å². The van der Waals surface area contributed by atoms with Crippen LogP contribution in [0.2, 0.25) is 5.02 Å². The normalized spacial score (nSPS) is 10.7. The number of hydrogen-bond donors (Lipinski definition) is 4. The summed E-state index contributed by atoms with van der Waals surface area (Å²) >= 11 is 7.78. The number of halogens is 1. The van der Waals surface area contributed by atoms with Gasteiger partial charge in [-0.2, -0.15) is 0 Å². The van der Waals surface area contributed by atoms with Crippen molar-refractivity contribution in [1.29, 1.82) is 0 Å². The summed E-state index contributed by atoms with van der Waals surface area (Å²) in [7, 11) is 0. The van der Waals surface area contributed by atoms with Crippen molar-refractivity contribution in [3.05, 3.63) is 52.8 Å². The summed E-state index contributed by atoms with van der Waals surface area (Å²) in [5.74, 6) is -0.735. The maximum atomic E-state index is 12.8. The van der Waals surface area contributed by atoms with Crippen LogP contribution in [0.25, 0.3) is 21.1 Å². The van der Waals surface area contributed by atoms with E-state index >= 15 is 0 Å². The molecule has 0 spiro atoms. The summed E-state index contributed by atoms with van der Waals surface area (Å²) in [4.78, 5) is 32.3. The van der Waals surface area contributed by atoms with E-state index in [2.05, 4.69) is 15.3 Å². The molecule has 0 bridgehead atoms. The van der Waals surface area contributed by atoms with Gasteiger partial charge in [-0.15, -0.1) is 11.3 Å². The van der Waals surface area contributed by atoms with Gasteiger partial charge < -0.3 is 10.3 Å². The van der Waals surface area contributed by atoms with Gasteiger partial charge in [0.25, 0.3) is 5.91 Å². The number of aromatic nitrogens is 2. The van der Waals surface area contributed by atoms with E-state index in [9.17, 15) is 9.59 Å². The molecule has 152 valence electrons. The molecular weight excluding hydrogens is 412 g/mol. The topological polar surface area (TPSA) is 107 Å². The maximum Gasteiger partial charge on any atom is 0.271 e. The highest BCUT2D eigenvalue weighted by molar-refractivity contribution is 7.18. The van der Waals surface area contributed by atoms with Crippen molar-refractivity contribution < 1.29 is 14.8 Å². The SMILES string of the molecule is Cc1cc[nH]c1-c1nc(C(=O)NCCCCC(=O)NO)c(-c2ccccc2Cl)s1. The lowest BCUT2D eigenvalue weighted by molar-refractivity contribution is -0.129. The number of H-pyrrole nitrogens is 1. The molecule has 7 nitrogen and oxygen atoms in total. The lowest BCUT2D eigenvalue weighted by atomic mass is 10.1. The minimum atomic E-state index is -0.442. The lowest BCUT2D eigenvalue weighted by Crippen LogP contribution is -2.25. The fourth-order valence-electron chi connectivity index (χ4n) is 2.84. The first-order valence-corrected chi connectivity index (χ1v) is 10.3. The number of hydrogen-bond acceptors (Lipinski definition) is 5. The summed E-state index contributed by atoms with van der Waals surface area (Å²) < 4.78 is 0. The van der Waals surface area contributed by atoms with Crippen molar-refractivity contribution >= 4 is 34.8 Å². The highest BCUT2D eigenvalue weighted by Crippen LogP contribution is 2.39. The van der Waals surface area contributed by atoms with Crippen molar-refractivity contribution in [3.8, 4) is 21.1 Å². The number of aryl methyl sites for hydroxylation is 1. The monoisotopic (exact) mass is 432 g/mol. The number of carbonyl (C=O) groups excluding carboxylic acids is 2. The van der Waals surface area contributed by atoms with Gasteiger partial charge in [0, 0.05) is 29.7 Å². The van der Waals surface area contributed by atoms with Crippen LogP contribution in [0, 0.1) is 6.92 Å². The molecule has 0 fully saturated rings. The van der Waals surface area contributed by atoms with Gasteiger partial charge in [0.1, 0.15) is 10.7 Å². The van der Waals surface area contributed by atoms with E-state index in [0.29, 0.717) is 40.0 Å². The number of thiazole rings is 1. The number of rotatable bonds is 8. The smallest absolute Gasteiger partial charge is 0.271 e. The second-order valence-electron chi connectivity index (χ2n) is 6.46. The number of hydroxylamine groups is 1. The Morgan fingerprint density at radius 1 is 1.24 bits per heavy atom. The molecule has 3 rings (SSSR count). The predicted molar refractivity (Wildman–Crippen MR) is 113 cm³/mol. The van der Waals surface area contributed by atoms with E-state index in [1.807, 2.05) is 37.4 Å². The van der Waals surface area contributed by atoms with Crippen LogP contribution in [0.3, 0.4) is 0 Å². The standard InChI is InChI=1S/C20H21ClN4O3S/c1-12-9-11-22-16(12)20-24-17(18(29-20)13-6-2-3-7-14(13)21)19(27)23-10-5-4-8-15(26)25-28/h2-3,6-7,9,11,22,28H,4-5,8,10H2,1H3,(H,23,27)(H,25,26). The number of nitrogens with zero attached hydrogens (tertiary/aromatic N) is 1. The number of carbonyl (C=O) groups is 2. The average Bonchev–Trinajstić information content (AvgIpc) is 3.33. The van der Waals surface area contributed by atoms with Crippen LogP contribution in [0.1, 0.15) is 35.3 Å². The summed E-state index contributed by atoms with van der Waals surface area (Å²) in [5.41, 5.74) is 4.58. The fourth-order valence-corrected chi connectivity index (χ4v) is 4.30. The van der Waals surface area contributed by atoms with Gasteiger partial charge in [0.15, 0.2) is 0 Å². The molecule has 0 unspecified atom stereocenters. The van der Waals surface area contributed by atoms with Gasteiger partial charge in [-0.1, -0.05) is 29.8 Å². The third-order valence-corrected chi connectivity index (χ3v) is 5.81. The van der Waals surface area contributed by atoms with Crippen molar-refractivity contribution in [3.63, 3.8) is 0 Å². The molecule has 0 saturated carbocycles. The van der Waals surface area contributed by atoms with Crippen LogP contribution in [-0.4, -0.2) is 33.5 Å². The van der Waals surface area contributed by atoms with E-state index in [1.54, 1.807) is 11.5 Å². The van der Waals surface area contributed by atoms with Crippen LogP contribution in [-0.2, 0) is 4.79 Å². The summed E-state index contributed by atoms with van der Waals surface area (Å²) in [6.07, 6.45) is 3.19. The number of nitrogens with one attached hydrogen (secondary N) is 3. The van der Waals surface area contributed by atoms with E-state index < -0.39 is 5.91 Å². The van der Waals surface area contributed by atoms with E-state index in [-0.39, 0.29) is 12.3 Å². The largest absolute Gasteiger partial charge is 0.359 e. The molecule has 0 atom stereocenters. The molecule has 9 heteroatoms.